The Kier molecular flexibility index (Phi) is 3.50. The monoisotopic (exact) mass is 264 g/mol. The Labute approximate surface area is 109 Å². The van der Waals surface area contributed by atoms with E-state index in [1.54, 1.807) is 12.1 Å². The van der Waals surface area contributed by atoms with Gasteiger partial charge in [0.05, 0.1) is 6.42 Å². The second-order valence-electron chi connectivity index (χ2n) is 4.07. The molecule has 6 nitrogen and oxygen atoms in total. The molecule has 2 rings (SSSR count). The lowest BCUT2D eigenvalue weighted by molar-refractivity contribution is -0.152. The van der Waals surface area contributed by atoms with Crippen LogP contribution in [0.4, 0.5) is 0 Å². The summed E-state index contributed by atoms with van der Waals surface area (Å²) in [7, 11) is 0. The quantitative estimate of drug-likeness (QED) is 0.595. The van der Waals surface area contributed by atoms with Gasteiger partial charge in [-0.2, -0.15) is 0 Å². The van der Waals surface area contributed by atoms with E-state index in [0.717, 1.165) is 0 Å². The summed E-state index contributed by atoms with van der Waals surface area (Å²) in [6.45, 7) is 2.54. The number of ether oxygens (including phenoxy) is 3. The van der Waals surface area contributed by atoms with Gasteiger partial charge in [0, 0.05) is 25.5 Å². The van der Waals surface area contributed by atoms with Crippen LogP contribution in [0.15, 0.2) is 18.2 Å². The highest BCUT2D eigenvalue weighted by Crippen LogP contribution is 2.37. The van der Waals surface area contributed by atoms with Gasteiger partial charge < -0.3 is 14.2 Å². The molecule has 0 amide bonds. The van der Waals surface area contributed by atoms with Crippen molar-refractivity contribution in [3.63, 3.8) is 0 Å². The van der Waals surface area contributed by atoms with E-state index in [1.165, 1.54) is 19.9 Å². The fourth-order valence-corrected chi connectivity index (χ4v) is 1.83. The molecule has 6 heteroatoms. The molecule has 1 aliphatic heterocycles. The van der Waals surface area contributed by atoms with Gasteiger partial charge in [-0.3, -0.25) is 14.4 Å². The van der Waals surface area contributed by atoms with E-state index in [9.17, 15) is 14.4 Å². The molecule has 0 radical (unpaired) electrons. The molecule has 0 saturated carbocycles. The molecule has 1 heterocycles. The summed E-state index contributed by atoms with van der Waals surface area (Å²) in [5, 5.41) is 0. The molecule has 0 bridgehead atoms. The SMILES string of the molecule is CC(=O)Oc1ccc2c(c1)OC(=O)CC2OC(C)=O. The molecule has 19 heavy (non-hydrogen) atoms. The van der Waals surface area contributed by atoms with E-state index in [2.05, 4.69) is 0 Å². The highest BCUT2D eigenvalue weighted by Gasteiger charge is 2.29. The first-order valence-corrected chi connectivity index (χ1v) is 5.66. The summed E-state index contributed by atoms with van der Waals surface area (Å²) in [6.07, 6.45) is -0.695. The summed E-state index contributed by atoms with van der Waals surface area (Å²) in [5.74, 6) is -0.948. The summed E-state index contributed by atoms with van der Waals surface area (Å²) < 4.78 is 15.0. The van der Waals surface area contributed by atoms with Crippen LogP contribution in [0.25, 0.3) is 0 Å². The lowest BCUT2D eigenvalue weighted by Gasteiger charge is -2.24. The summed E-state index contributed by atoms with van der Waals surface area (Å²) >= 11 is 0. The van der Waals surface area contributed by atoms with E-state index >= 15 is 0 Å². The van der Waals surface area contributed by atoms with E-state index in [4.69, 9.17) is 14.2 Å². The maximum absolute atomic E-state index is 11.4. The molecule has 0 aromatic heterocycles. The molecule has 100 valence electrons. The molecule has 1 aliphatic rings. The minimum absolute atomic E-state index is 0.0283. The van der Waals surface area contributed by atoms with Crippen LogP contribution >= 0.6 is 0 Å². The van der Waals surface area contributed by atoms with Crippen molar-refractivity contribution in [1.82, 2.24) is 0 Å². The summed E-state index contributed by atoms with van der Waals surface area (Å²) in [4.78, 5) is 33.3. The molecular weight excluding hydrogens is 252 g/mol. The van der Waals surface area contributed by atoms with E-state index in [1.807, 2.05) is 0 Å². The normalized spacial score (nSPS) is 17.2. The van der Waals surface area contributed by atoms with Gasteiger partial charge >= 0.3 is 17.9 Å². The Morgan fingerprint density at radius 1 is 1.26 bits per heavy atom. The smallest absolute Gasteiger partial charge is 0.315 e. The predicted molar refractivity (Wildman–Crippen MR) is 62.5 cm³/mol. The van der Waals surface area contributed by atoms with Crippen LogP contribution in [-0.2, 0) is 19.1 Å². The van der Waals surface area contributed by atoms with Gasteiger partial charge in [-0.05, 0) is 12.1 Å². The van der Waals surface area contributed by atoms with Crippen molar-refractivity contribution in [3.8, 4) is 11.5 Å². The van der Waals surface area contributed by atoms with E-state index in [-0.39, 0.29) is 17.9 Å². The van der Waals surface area contributed by atoms with Crippen molar-refractivity contribution in [2.24, 2.45) is 0 Å². The van der Waals surface area contributed by atoms with Crippen LogP contribution in [0.2, 0.25) is 0 Å². The Bertz CT molecular complexity index is 548. The van der Waals surface area contributed by atoms with Gasteiger partial charge in [-0.25, -0.2) is 0 Å². The van der Waals surface area contributed by atoms with Gasteiger partial charge in [0.15, 0.2) is 0 Å². The fraction of sp³-hybridized carbons (Fsp3) is 0.308. The number of carbonyl (C=O) groups is 3. The van der Waals surface area contributed by atoms with Gasteiger partial charge in [0.1, 0.15) is 17.6 Å². The lowest BCUT2D eigenvalue weighted by Crippen LogP contribution is -2.23. The first kappa shape index (κ1) is 13.1. The fourth-order valence-electron chi connectivity index (χ4n) is 1.83. The van der Waals surface area contributed by atoms with Gasteiger partial charge in [0.2, 0.25) is 0 Å². The Morgan fingerprint density at radius 3 is 2.63 bits per heavy atom. The Balaban J connectivity index is 2.32. The van der Waals surface area contributed by atoms with Crippen LogP contribution in [0, 0.1) is 0 Å². The van der Waals surface area contributed by atoms with Gasteiger partial charge in [-0.15, -0.1) is 0 Å². The zero-order chi connectivity index (χ0) is 14.0. The van der Waals surface area contributed by atoms with Crippen molar-refractivity contribution in [2.45, 2.75) is 26.4 Å². The summed E-state index contributed by atoms with van der Waals surface area (Å²) in [6, 6.07) is 4.58. The molecular formula is C13H12O6. The molecule has 1 unspecified atom stereocenters. The number of benzene rings is 1. The van der Waals surface area contributed by atoms with Crippen LogP contribution in [0.5, 0.6) is 11.5 Å². The first-order valence-electron chi connectivity index (χ1n) is 5.66. The maximum Gasteiger partial charge on any atom is 0.315 e. The number of hydrogen-bond acceptors (Lipinski definition) is 6. The average Bonchev–Trinajstić information content (AvgIpc) is 2.26. The lowest BCUT2D eigenvalue weighted by atomic mass is 10.0. The van der Waals surface area contributed by atoms with Crippen LogP contribution in [-0.4, -0.2) is 17.9 Å². The highest BCUT2D eigenvalue weighted by molar-refractivity contribution is 5.78. The largest absolute Gasteiger partial charge is 0.457 e. The van der Waals surface area contributed by atoms with Crippen LogP contribution in [0.1, 0.15) is 31.9 Å². The molecule has 0 spiro atoms. The van der Waals surface area contributed by atoms with E-state index in [0.29, 0.717) is 5.56 Å². The number of rotatable bonds is 2. The third kappa shape index (κ3) is 3.09. The van der Waals surface area contributed by atoms with Crippen LogP contribution in [0.3, 0.4) is 0 Å². The second-order valence-corrected chi connectivity index (χ2v) is 4.07. The zero-order valence-corrected chi connectivity index (χ0v) is 10.5. The second kappa shape index (κ2) is 5.09. The minimum Gasteiger partial charge on any atom is -0.457 e. The van der Waals surface area contributed by atoms with Gasteiger partial charge in [-0.1, -0.05) is 0 Å². The van der Waals surface area contributed by atoms with Crippen molar-refractivity contribution in [2.75, 3.05) is 0 Å². The molecule has 0 fully saturated rings. The first-order chi connectivity index (χ1) is 8.95. The standard InChI is InChI=1S/C13H12O6/c1-7(14)17-9-3-4-10-11(5-9)19-13(16)6-12(10)18-8(2)15/h3-5,12H,6H2,1-2H3. The number of hydrogen-bond donors (Lipinski definition) is 0. The van der Waals surface area contributed by atoms with Crippen molar-refractivity contribution >= 4 is 17.9 Å². The third-order valence-electron chi connectivity index (χ3n) is 2.48. The van der Waals surface area contributed by atoms with Crippen molar-refractivity contribution in [1.29, 1.82) is 0 Å². The highest BCUT2D eigenvalue weighted by atomic mass is 16.6. The zero-order valence-electron chi connectivity index (χ0n) is 10.5. The average molecular weight is 264 g/mol. The van der Waals surface area contributed by atoms with Crippen molar-refractivity contribution < 1.29 is 28.6 Å². The summed E-state index contributed by atoms with van der Waals surface area (Å²) in [5.41, 5.74) is 0.575. The number of carbonyl (C=O) groups excluding carboxylic acids is 3. The Morgan fingerprint density at radius 2 is 2.00 bits per heavy atom. The third-order valence-corrected chi connectivity index (χ3v) is 2.48. The van der Waals surface area contributed by atoms with Crippen molar-refractivity contribution in [3.05, 3.63) is 23.8 Å². The topological polar surface area (TPSA) is 78.9 Å². The van der Waals surface area contributed by atoms with E-state index < -0.39 is 24.0 Å². The minimum atomic E-state index is -0.667. The molecule has 1 atom stereocenters. The molecule has 1 aromatic carbocycles. The van der Waals surface area contributed by atoms with Gasteiger partial charge in [0.25, 0.3) is 0 Å². The molecule has 0 N–H and O–H groups in total. The number of fused-ring (bicyclic) bond motifs is 1. The molecule has 0 aliphatic carbocycles. The maximum atomic E-state index is 11.4. The molecule has 0 saturated heterocycles. The predicted octanol–water partition coefficient (Wildman–Crippen LogP) is 1.53. The van der Waals surface area contributed by atoms with Crippen LogP contribution < -0.4 is 9.47 Å². The number of esters is 3. The Hall–Kier alpha value is -2.37. The molecule has 1 aromatic rings.